The van der Waals surface area contributed by atoms with Crippen LogP contribution in [-0.4, -0.2) is 41.1 Å². The SMILES string of the molecule is COCOc1ccc(CCCOS(C)(=O)=O)c(C(=O)N[C@H](C)c2cccc3ccccc23)c1. The molecule has 3 rings (SSSR count). The largest absolute Gasteiger partial charge is 0.468 e. The molecule has 0 heterocycles. The average molecular weight is 472 g/mol. The normalized spacial score (nSPS) is 12.5. The van der Waals surface area contributed by atoms with E-state index in [9.17, 15) is 13.2 Å². The maximum atomic E-state index is 13.3. The summed E-state index contributed by atoms with van der Waals surface area (Å²) in [5, 5.41) is 5.29. The molecule has 1 N–H and O–H groups in total. The van der Waals surface area contributed by atoms with Gasteiger partial charge in [-0.15, -0.1) is 0 Å². The van der Waals surface area contributed by atoms with Gasteiger partial charge in [-0.3, -0.25) is 8.98 Å². The molecule has 176 valence electrons. The first-order valence-corrected chi connectivity index (χ1v) is 12.5. The summed E-state index contributed by atoms with van der Waals surface area (Å²) in [6.45, 7) is 2.06. The predicted octanol–water partition coefficient (Wildman–Crippen LogP) is 4.22. The van der Waals surface area contributed by atoms with Crippen LogP contribution in [0, 0.1) is 0 Å². The zero-order valence-electron chi connectivity index (χ0n) is 19.0. The minimum Gasteiger partial charge on any atom is -0.468 e. The topological polar surface area (TPSA) is 90.9 Å². The van der Waals surface area contributed by atoms with Crippen LogP contribution in [0.25, 0.3) is 10.8 Å². The number of methoxy groups -OCH3 is 1. The highest BCUT2D eigenvalue weighted by atomic mass is 32.2. The van der Waals surface area contributed by atoms with Crippen molar-refractivity contribution in [3.05, 3.63) is 77.4 Å². The van der Waals surface area contributed by atoms with E-state index < -0.39 is 10.1 Å². The van der Waals surface area contributed by atoms with E-state index in [1.807, 2.05) is 55.5 Å². The van der Waals surface area contributed by atoms with E-state index in [4.69, 9.17) is 13.7 Å². The van der Waals surface area contributed by atoms with E-state index in [1.54, 1.807) is 12.1 Å². The van der Waals surface area contributed by atoms with E-state index in [1.165, 1.54) is 7.11 Å². The van der Waals surface area contributed by atoms with Crippen molar-refractivity contribution in [2.75, 3.05) is 26.8 Å². The molecule has 0 radical (unpaired) electrons. The van der Waals surface area contributed by atoms with Crippen molar-refractivity contribution >= 4 is 26.8 Å². The molecule has 0 aromatic heterocycles. The van der Waals surface area contributed by atoms with Gasteiger partial charge in [0.05, 0.1) is 18.9 Å². The fourth-order valence-corrected chi connectivity index (χ4v) is 4.08. The fourth-order valence-electron chi connectivity index (χ4n) is 3.65. The molecule has 3 aromatic rings. The molecule has 33 heavy (non-hydrogen) atoms. The van der Waals surface area contributed by atoms with Crippen LogP contribution in [-0.2, 0) is 25.5 Å². The number of aryl methyl sites for hydroxylation is 1. The van der Waals surface area contributed by atoms with Gasteiger partial charge in [0.15, 0.2) is 6.79 Å². The summed E-state index contributed by atoms with van der Waals surface area (Å²) >= 11 is 0. The van der Waals surface area contributed by atoms with Crippen molar-refractivity contribution < 1.29 is 26.9 Å². The van der Waals surface area contributed by atoms with Crippen LogP contribution in [0.1, 0.15) is 40.9 Å². The third-order valence-electron chi connectivity index (χ3n) is 5.19. The number of benzene rings is 3. The molecule has 0 aliphatic heterocycles. The second-order valence-electron chi connectivity index (χ2n) is 7.76. The van der Waals surface area contributed by atoms with E-state index in [2.05, 4.69) is 5.32 Å². The zero-order chi connectivity index (χ0) is 23.8. The molecule has 1 atom stereocenters. The number of amides is 1. The van der Waals surface area contributed by atoms with Gasteiger partial charge in [0, 0.05) is 12.7 Å². The molecule has 0 fully saturated rings. The first-order valence-electron chi connectivity index (χ1n) is 10.7. The lowest BCUT2D eigenvalue weighted by Crippen LogP contribution is -2.28. The summed E-state index contributed by atoms with van der Waals surface area (Å²) in [7, 11) is -1.98. The number of rotatable bonds is 11. The Labute approximate surface area is 194 Å². The second kappa shape index (κ2) is 11.3. The van der Waals surface area contributed by atoms with Gasteiger partial charge < -0.3 is 14.8 Å². The lowest BCUT2D eigenvalue weighted by Gasteiger charge is -2.18. The first-order chi connectivity index (χ1) is 15.8. The Morgan fingerprint density at radius 1 is 1.06 bits per heavy atom. The molecule has 0 aliphatic rings. The van der Waals surface area contributed by atoms with Crippen molar-refractivity contribution in [2.45, 2.75) is 25.8 Å². The molecule has 0 spiro atoms. The Morgan fingerprint density at radius 3 is 2.58 bits per heavy atom. The molecule has 0 bridgehead atoms. The molecule has 0 unspecified atom stereocenters. The molecular weight excluding hydrogens is 442 g/mol. The van der Waals surface area contributed by atoms with Gasteiger partial charge in [0.2, 0.25) is 0 Å². The highest BCUT2D eigenvalue weighted by Crippen LogP contribution is 2.25. The third kappa shape index (κ3) is 7.02. The lowest BCUT2D eigenvalue weighted by molar-refractivity contribution is 0.0510. The van der Waals surface area contributed by atoms with Gasteiger partial charge in [-0.25, -0.2) is 0 Å². The molecule has 0 saturated heterocycles. The number of ether oxygens (including phenoxy) is 2. The summed E-state index contributed by atoms with van der Waals surface area (Å²) in [5.74, 6) is 0.272. The minimum atomic E-state index is -3.50. The van der Waals surface area contributed by atoms with E-state index in [0.29, 0.717) is 24.2 Å². The highest BCUT2D eigenvalue weighted by Gasteiger charge is 2.17. The van der Waals surface area contributed by atoms with Gasteiger partial charge in [-0.1, -0.05) is 48.5 Å². The highest BCUT2D eigenvalue weighted by molar-refractivity contribution is 7.85. The molecular formula is C25H29NO6S. The summed E-state index contributed by atoms with van der Waals surface area (Å²) < 4.78 is 37.7. The number of hydrogen-bond acceptors (Lipinski definition) is 6. The van der Waals surface area contributed by atoms with Crippen LogP contribution in [0.4, 0.5) is 0 Å². The van der Waals surface area contributed by atoms with E-state index in [0.717, 1.165) is 28.2 Å². The Hall–Kier alpha value is -2.94. The van der Waals surface area contributed by atoms with Gasteiger partial charge in [0.25, 0.3) is 16.0 Å². The lowest BCUT2D eigenvalue weighted by atomic mass is 9.98. The Morgan fingerprint density at radius 2 is 1.82 bits per heavy atom. The van der Waals surface area contributed by atoms with Crippen LogP contribution in [0.2, 0.25) is 0 Å². The van der Waals surface area contributed by atoms with Gasteiger partial charge >= 0.3 is 0 Å². The second-order valence-corrected chi connectivity index (χ2v) is 9.41. The minimum absolute atomic E-state index is 0.0498. The standard InChI is InChI=1S/C25H29NO6S/c1-18(22-12-6-9-19-8-4-5-11-23(19)22)26-25(27)24-16-21(31-17-30-2)14-13-20(24)10-7-15-32-33(3,28)29/h4-6,8-9,11-14,16,18H,7,10,15,17H2,1-3H3,(H,26,27)/t18-/m1/s1. The first kappa shape index (κ1) is 24.7. The van der Waals surface area contributed by atoms with E-state index >= 15 is 0 Å². The molecule has 3 aromatic carbocycles. The maximum absolute atomic E-state index is 13.3. The summed E-state index contributed by atoms with van der Waals surface area (Å²) in [6, 6.07) is 19.1. The summed E-state index contributed by atoms with van der Waals surface area (Å²) in [4.78, 5) is 13.3. The Bertz CT molecular complexity index is 1200. The number of carbonyl (C=O) groups excluding carboxylic acids is 1. The van der Waals surface area contributed by atoms with Gasteiger partial charge in [0.1, 0.15) is 5.75 Å². The summed E-state index contributed by atoms with van der Waals surface area (Å²) in [5.41, 5.74) is 2.27. The maximum Gasteiger partial charge on any atom is 0.264 e. The van der Waals surface area contributed by atoms with Crippen molar-refractivity contribution in [1.29, 1.82) is 0 Å². The molecule has 8 heteroatoms. The molecule has 0 aliphatic carbocycles. The molecule has 7 nitrogen and oxygen atoms in total. The van der Waals surface area contributed by atoms with E-state index in [-0.39, 0.29) is 25.3 Å². The van der Waals surface area contributed by atoms with Crippen LogP contribution >= 0.6 is 0 Å². The number of fused-ring (bicyclic) bond motifs is 1. The van der Waals surface area contributed by atoms with Crippen molar-refractivity contribution in [3.63, 3.8) is 0 Å². The number of carbonyl (C=O) groups is 1. The van der Waals surface area contributed by atoms with Crippen LogP contribution in [0.5, 0.6) is 5.75 Å². The molecule has 1 amide bonds. The van der Waals surface area contributed by atoms with Crippen molar-refractivity contribution in [2.24, 2.45) is 0 Å². The Balaban J connectivity index is 1.80. The molecule has 0 saturated carbocycles. The van der Waals surface area contributed by atoms with Crippen molar-refractivity contribution in [3.8, 4) is 5.75 Å². The quantitative estimate of drug-likeness (QED) is 0.256. The van der Waals surface area contributed by atoms with Crippen molar-refractivity contribution in [1.82, 2.24) is 5.32 Å². The van der Waals surface area contributed by atoms with Crippen LogP contribution < -0.4 is 10.1 Å². The third-order valence-corrected chi connectivity index (χ3v) is 5.79. The summed E-state index contributed by atoms with van der Waals surface area (Å²) in [6.07, 6.45) is 1.94. The monoisotopic (exact) mass is 471 g/mol. The van der Waals surface area contributed by atoms with Gasteiger partial charge in [-0.2, -0.15) is 8.42 Å². The predicted molar refractivity (Wildman–Crippen MR) is 128 cm³/mol. The fraction of sp³-hybridized carbons (Fsp3) is 0.320. The zero-order valence-corrected chi connectivity index (χ0v) is 19.9. The number of nitrogens with one attached hydrogen (secondary N) is 1. The van der Waals surface area contributed by atoms with Gasteiger partial charge in [-0.05, 0) is 53.8 Å². The van der Waals surface area contributed by atoms with Crippen LogP contribution in [0.3, 0.4) is 0 Å². The number of hydrogen-bond donors (Lipinski definition) is 1. The van der Waals surface area contributed by atoms with Crippen LogP contribution in [0.15, 0.2) is 60.7 Å². The average Bonchev–Trinajstić information content (AvgIpc) is 2.79. The smallest absolute Gasteiger partial charge is 0.264 e. The Kier molecular flexibility index (Phi) is 8.43.